The summed E-state index contributed by atoms with van der Waals surface area (Å²) < 4.78 is 0. The summed E-state index contributed by atoms with van der Waals surface area (Å²) in [4.78, 5) is 24.4. The third-order valence-corrected chi connectivity index (χ3v) is 4.33. The van der Waals surface area contributed by atoms with E-state index in [1.54, 1.807) is 24.3 Å². The van der Waals surface area contributed by atoms with Crippen molar-refractivity contribution in [2.75, 3.05) is 11.9 Å². The number of aryl methyl sites for hydroxylation is 2. The first-order chi connectivity index (χ1) is 11.7. The Kier molecular flexibility index (Phi) is 4.94. The van der Waals surface area contributed by atoms with Crippen LogP contribution in [-0.2, 0) is 12.8 Å². The van der Waals surface area contributed by atoms with E-state index < -0.39 is 0 Å². The third kappa shape index (κ3) is 3.65. The van der Waals surface area contributed by atoms with E-state index in [0.717, 1.165) is 12.8 Å². The molecule has 0 unspecified atom stereocenters. The summed E-state index contributed by atoms with van der Waals surface area (Å²) in [5, 5.41) is 5.64. The maximum Gasteiger partial charge on any atom is 0.255 e. The number of anilines is 1. The van der Waals surface area contributed by atoms with E-state index in [0.29, 0.717) is 23.4 Å². The fourth-order valence-corrected chi connectivity index (χ4v) is 3.08. The summed E-state index contributed by atoms with van der Waals surface area (Å²) in [7, 11) is 0. The van der Waals surface area contributed by atoms with Crippen molar-refractivity contribution in [2.45, 2.75) is 32.6 Å². The minimum absolute atomic E-state index is 0.137. The lowest BCUT2D eigenvalue weighted by Gasteiger charge is -2.16. The largest absolute Gasteiger partial charge is 0.352 e. The second-order valence-electron chi connectivity index (χ2n) is 6.08. The van der Waals surface area contributed by atoms with Gasteiger partial charge < -0.3 is 10.6 Å². The normalized spacial score (nSPS) is 13.0. The molecule has 2 aromatic carbocycles. The van der Waals surface area contributed by atoms with Crippen molar-refractivity contribution < 1.29 is 9.59 Å². The average Bonchev–Trinajstić information content (AvgIpc) is 2.61. The van der Waals surface area contributed by atoms with Crippen LogP contribution >= 0.6 is 0 Å². The number of amides is 2. The average molecular weight is 322 g/mol. The second-order valence-corrected chi connectivity index (χ2v) is 6.08. The summed E-state index contributed by atoms with van der Waals surface area (Å²) in [5.41, 5.74) is 4.47. The van der Waals surface area contributed by atoms with Crippen LogP contribution in [0.15, 0.2) is 42.5 Å². The number of hydrogen-bond acceptors (Lipinski definition) is 2. The second kappa shape index (κ2) is 7.30. The van der Waals surface area contributed by atoms with Gasteiger partial charge in [0.2, 0.25) is 0 Å². The number of carbonyl (C=O) groups excluding carboxylic acids is 2. The Hall–Kier alpha value is -2.62. The van der Waals surface area contributed by atoms with E-state index in [1.807, 2.05) is 19.1 Å². The van der Waals surface area contributed by atoms with Gasteiger partial charge in [0.25, 0.3) is 11.8 Å². The molecule has 4 heteroatoms. The molecule has 2 amide bonds. The summed E-state index contributed by atoms with van der Waals surface area (Å²) in [6.45, 7) is 2.45. The van der Waals surface area contributed by atoms with E-state index in [9.17, 15) is 9.59 Å². The summed E-state index contributed by atoms with van der Waals surface area (Å²) in [6, 6.07) is 12.9. The van der Waals surface area contributed by atoms with Gasteiger partial charge in [-0.25, -0.2) is 0 Å². The maximum atomic E-state index is 12.5. The van der Waals surface area contributed by atoms with Crippen LogP contribution in [0.4, 0.5) is 5.69 Å². The van der Waals surface area contributed by atoms with Crippen LogP contribution in [-0.4, -0.2) is 18.4 Å². The highest BCUT2D eigenvalue weighted by atomic mass is 16.2. The van der Waals surface area contributed by atoms with Crippen molar-refractivity contribution >= 4 is 17.5 Å². The summed E-state index contributed by atoms with van der Waals surface area (Å²) in [6.07, 6.45) is 4.56. The van der Waals surface area contributed by atoms with Crippen LogP contribution in [0.2, 0.25) is 0 Å². The lowest BCUT2D eigenvalue weighted by molar-refractivity contribution is 0.0954. The molecule has 0 radical (unpaired) electrons. The Balaban J connectivity index is 1.75. The van der Waals surface area contributed by atoms with E-state index in [2.05, 4.69) is 16.7 Å². The highest BCUT2D eigenvalue weighted by molar-refractivity contribution is 6.05. The highest BCUT2D eigenvalue weighted by Gasteiger charge is 2.13. The quantitative estimate of drug-likeness (QED) is 0.904. The van der Waals surface area contributed by atoms with Gasteiger partial charge in [-0.2, -0.15) is 0 Å². The molecule has 0 heterocycles. The van der Waals surface area contributed by atoms with Crippen molar-refractivity contribution in [1.29, 1.82) is 0 Å². The van der Waals surface area contributed by atoms with Gasteiger partial charge in [-0.3, -0.25) is 9.59 Å². The molecule has 3 rings (SSSR count). The van der Waals surface area contributed by atoms with E-state index in [1.165, 1.54) is 24.0 Å². The van der Waals surface area contributed by atoms with Crippen LogP contribution in [0.3, 0.4) is 0 Å². The fourth-order valence-electron chi connectivity index (χ4n) is 3.08. The molecule has 0 fully saturated rings. The zero-order valence-corrected chi connectivity index (χ0v) is 13.9. The van der Waals surface area contributed by atoms with Crippen molar-refractivity contribution in [3.8, 4) is 0 Å². The van der Waals surface area contributed by atoms with E-state index >= 15 is 0 Å². The Bertz CT molecular complexity index is 768. The van der Waals surface area contributed by atoms with Crippen molar-refractivity contribution in [3.05, 3.63) is 64.7 Å². The molecule has 0 spiro atoms. The van der Waals surface area contributed by atoms with Crippen LogP contribution in [0.5, 0.6) is 0 Å². The van der Waals surface area contributed by atoms with Gasteiger partial charge in [0.15, 0.2) is 0 Å². The van der Waals surface area contributed by atoms with Gasteiger partial charge >= 0.3 is 0 Å². The zero-order valence-electron chi connectivity index (χ0n) is 13.9. The molecule has 0 atom stereocenters. The number of fused-ring (bicyclic) bond motifs is 1. The monoisotopic (exact) mass is 322 g/mol. The molecule has 0 saturated heterocycles. The van der Waals surface area contributed by atoms with Crippen LogP contribution < -0.4 is 10.6 Å². The number of rotatable bonds is 4. The molecular formula is C20H22N2O2. The van der Waals surface area contributed by atoms with Crippen molar-refractivity contribution in [3.63, 3.8) is 0 Å². The lowest BCUT2D eigenvalue weighted by atomic mass is 9.90. The van der Waals surface area contributed by atoms with E-state index in [4.69, 9.17) is 0 Å². The molecule has 2 N–H and O–H groups in total. The minimum Gasteiger partial charge on any atom is -0.352 e. The molecule has 0 aliphatic heterocycles. The molecule has 0 bridgehead atoms. The highest BCUT2D eigenvalue weighted by Crippen LogP contribution is 2.22. The number of nitrogens with one attached hydrogen (secondary N) is 2. The molecule has 2 aromatic rings. The first kappa shape index (κ1) is 16.2. The first-order valence-electron chi connectivity index (χ1n) is 8.49. The molecule has 24 heavy (non-hydrogen) atoms. The fraction of sp³-hybridized carbons (Fsp3) is 0.300. The van der Waals surface area contributed by atoms with Crippen LogP contribution in [0.25, 0.3) is 0 Å². The van der Waals surface area contributed by atoms with Gasteiger partial charge in [0.1, 0.15) is 0 Å². The van der Waals surface area contributed by atoms with Crippen molar-refractivity contribution in [1.82, 2.24) is 5.32 Å². The minimum atomic E-state index is -0.142. The smallest absolute Gasteiger partial charge is 0.255 e. The lowest BCUT2D eigenvalue weighted by Crippen LogP contribution is -2.22. The SMILES string of the molecule is CCNC(=O)c1cccc(NC(=O)c2ccc3c(c2)CCCC3)c1. The molecule has 0 saturated carbocycles. The molecule has 0 aromatic heterocycles. The Morgan fingerprint density at radius 2 is 1.67 bits per heavy atom. The Labute approximate surface area is 142 Å². The first-order valence-corrected chi connectivity index (χ1v) is 8.49. The van der Waals surface area contributed by atoms with Gasteiger partial charge in [0.05, 0.1) is 0 Å². The summed E-state index contributed by atoms with van der Waals surface area (Å²) in [5.74, 6) is -0.279. The number of hydrogen-bond donors (Lipinski definition) is 2. The molecular weight excluding hydrogens is 300 g/mol. The van der Waals surface area contributed by atoms with E-state index in [-0.39, 0.29) is 11.8 Å². The van der Waals surface area contributed by atoms with Gasteiger partial charge in [-0.1, -0.05) is 12.1 Å². The Morgan fingerprint density at radius 3 is 2.46 bits per heavy atom. The Morgan fingerprint density at radius 1 is 0.917 bits per heavy atom. The topological polar surface area (TPSA) is 58.2 Å². The molecule has 124 valence electrons. The standard InChI is InChI=1S/C20H22N2O2/c1-2-21-19(23)16-8-5-9-18(13-16)22-20(24)17-11-10-14-6-3-4-7-15(14)12-17/h5,8-13H,2-4,6-7H2,1H3,(H,21,23)(H,22,24). The molecule has 1 aliphatic carbocycles. The maximum absolute atomic E-state index is 12.5. The van der Waals surface area contributed by atoms with Crippen LogP contribution in [0.1, 0.15) is 51.6 Å². The number of benzene rings is 2. The van der Waals surface area contributed by atoms with Crippen molar-refractivity contribution in [2.24, 2.45) is 0 Å². The predicted molar refractivity (Wildman–Crippen MR) is 95.5 cm³/mol. The van der Waals surface area contributed by atoms with Crippen LogP contribution in [0, 0.1) is 0 Å². The van der Waals surface area contributed by atoms with Gasteiger partial charge in [-0.05, 0) is 74.1 Å². The molecule has 1 aliphatic rings. The van der Waals surface area contributed by atoms with Gasteiger partial charge in [-0.15, -0.1) is 0 Å². The predicted octanol–water partition coefficient (Wildman–Crippen LogP) is 3.57. The third-order valence-electron chi connectivity index (χ3n) is 4.33. The van der Waals surface area contributed by atoms with Gasteiger partial charge in [0, 0.05) is 23.4 Å². The number of carbonyl (C=O) groups is 2. The summed E-state index contributed by atoms with van der Waals surface area (Å²) >= 11 is 0. The molecule has 4 nitrogen and oxygen atoms in total. The zero-order chi connectivity index (χ0) is 16.9.